The summed E-state index contributed by atoms with van der Waals surface area (Å²) in [6.07, 6.45) is 1.36. The number of hydrogen-bond acceptors (Lipinski definition) is 5. The van der Waals surface area contributed by atoms with E-state index in [1.54, 1.807) is 35.7 Å². The smallest absolute Gasteiger partial charge is 0.262 e. The molecule has 4 aromatic rings. The summed E-state index contributed by atoms with van der Waals surface area (Å²) in [5.41, 5.74) is 1.43. The van der Waals surface area contributed by atoms with E-state index in [9.17, 15) is 14.4 Å². The molecule has 0 spiro atoms. The van der Waals surface area contributed by atoms with Crippen LogP contribution in [-0.4, -0.2) is 21.4 Å². The Morgan fingerprint density at radius 3 is 2.60 bits per heavy atom. The minimum atomic E-state index is -0.420. The van der Waals surface area contributed by atoms with Gasteiger partial charge in [0.15, 0.2) is 0 Å². The standard InChI is InChI=1S/C22H18N4O3S/c27-19(13-26-14-24-21-17(22(26)29)10-11-30-21)25-18-9-5-4-8-16(18)20(28)23-12-15-6-2-1-3-7-15/h1-11,14H,12-13H2,(H,23,28)(H,25,27). The van der Waals surface area contributed by atoms with Crippen molar-refractivity contribution in [1.29, 1.82) is 0 Å². The van der Waals surface area contributed by atoms with E-state index in [4.69, 9.17) is 0 Å². The van der Waals surface area contributed by atoms with Crippen molar-refractivity contribution in [3.63, 3.8) is 0 Å². The fraction of sp³-hybridized carbons (Fsp3) is 0.0909. The van der Waals surface area contributed by atoms with E-state index in [-0.39, 0.29) is 18.0 Å². The van der Waals surface area contributed by atoms with Crippen molar-refractivity contribution >= 4 is 39.1 Å². The monoisotopic (exact) mass is 418 g/mol. The number of hydrogen-bond donors (Lipinski definition) is 2. The minimum absolute atomic E-state index is 0.197. The number of carbonyl (C=O) groups excluding carboxylic acids is 2. The zero-order valence-corrected chi connectivity index (χ0v) is 16.7. The highest BCUT2D eigenvalue weighted by Crippen LogP contribution is 2.16. The van der Waals surface area contributed by atoms with Crippen LogP contribution < -0.4 is 16.2 Å². The summed E-state index contributed by atoms with van der Waals surface area (Å²) < 4.78 is 1.25. The topological polar surface area (TPSA) is 93.1 Å². The van der Waals surface area contributed by atoms with E-state index >= 15 is 0 Å². The summed E-state index contributed by atoms with van der Waals surface area (Å²) >= 11 is 1.37. The first-order valence-electron chi connectivity index (χ1n) is 9.25. The molecule has 2 aromatic heterocycles. The number of benzene rings is 2. The third-order valence-electron chi connectivity index (χ3n) is 4.51. The van der Waals surface area contributed by atoms with Gasteiger partial charge in [0.05, 0.1) is 23.0 Å². The highest BCUT2D eigenvalue weighted by Gasteiger charge is 2.14. The van der Waals surface area contributed by atoms with Gasteiger partial charge in [-0.3, -0.25) is 19.0 Å². The second-order valence-electron chi connectivity index (χ2n) is 6.58. The Labute approximate surface area is 176 Å². The van der Waals surface area contributed by atoms with Gasteiger partial charge in [0.1, 0.15) is 11.4 Å². The van der Waals surface area contributed by atoms with Crippen molar-refractivity contribution in [1.82, 2.24) is 14.9 Å². The Hall–Kier alpha value is -3.78. The van der Waals surface area contributed by atoms with Gasteiger partial charge < -0.3 is 10.6 Å². The maximum Gasteiger partial charge on any atom is 0.262 e. The van der Waals surface area contributed by atoms with Crippen LogP contribution in [0.4, 0.5) is 5.69 Å². The second kappa shape index (κ2) is 8.71. The average molecular weight is 418 g/mol. The van der Waals surface area contributed by atoms with E-state index in [0.29, 0.717) is 28.0 Å². The maximum absolute atomic E-state index is 12.6. The van der Waals surface area contributed by atoms with Crippen LogP contribution >= 0.6 is 11.3 Å². The molecular formula is C22H18N4O3S. The summed E-state index contributed by atoms with van der Waals surface area (Å²) in [6, 6.07) is 18.0. The average Bonchev–Trinajstić information content (AvgIpc) is 3.25. The van der Waals surface area contributed by atoms with E-state index in [2.05, 4.69) is 15.6 Å². The zero-order chi connectivity index (χ0) is 20.9. The molecule has 0 unspecified atom stereocenters. The number of fused-ring (bicyclic) bond motifs is 1. The molecule has 7 nitrogen and oxygen atoms in total. The lowest BCUT2D eigenvalue weighted by Crippen LogP contribution is -2.29. The van der Waals surface area contributed by atoms with Crippen molar-refractivity contribution in [2.45, 2.75) is 13.1 Å². The molecule has 0 saturated heterocycles. The first kappa shape index (κ1) is 19.5. The van der Waals surface area contributed by atoms with Gasteiger partial charge in [-0.05, 0) is 29.1 Å². The van der Waals surface area contributed by atoms with Crippen LogP contribution in [0.25, 0.3) is 10.2 Å². The molecule has 2 N–H and O–H groups in total. The molecule has 0 saturated carbocycles. The van der Waals surface area contributed by atoms with Gasteiger partial charge in [0.25, 0.3) is 11.5 Å². The summed E-state index contributed by atoms with van der Waals surface area (Å²) in [6.45, 7) is 0.182. The van der Waals surface area contributed by atoms with Gasteiger partial charge in [-0.2, -0.15) is 0 Å². The van der Waals surface area contributed by atoms with Gasteiger partial charge in [0.2, 0.25) is 5.91 Å². The Bertz CT molecular complexity index is 1260. The van der Waals surface area contributed by atoms with Crippen LogP contribution in [0.2, 0.25) is 0 Å². The molecule has 2 heterocycles. The lowest BCUT2D eigenvalue weighted by atomic mass is 10.1. The fourth-order valence-electron chi connectivity index (χ4n) is 3.01. The molecule has 0 bridgehead atoms. The first-order chi connectivity index (χ1) is 14.6. The third kappa shape index (κ3) is 4.28. The van der Waals surface area contributed by atoms with Crippen LogP contribution in [0.3, 0.4) is 0 Å². The van der Waals surface area contributed by atoms with Crippen molar-refractivity contribution in [2.24, 2.45) is 0 Å². The van der Waals surface area contributed by atoms with Crippen LogP contribution in [0.5, 0.6) is 0 Å². The highest BCUT2D eigenvalue weighted by atomic mass is 32.1. The zero-order valence-electron chi connectivity index (χ0n) is 15.9. The summed E-state index contributed by atoms with van der Waals surface area (Å²) in [4.78, 5) is 42.5. The number of rotatable bonds is 6. The Morgan fingerprint density at radius 2 is 1.77 bits per heavy atom. The fourth-order valence-corrected chi connectivity index (χ4v) is 3.74. The second-order valence-corrected chi connectivity index (χ2v) is 7.47. The van der Waals surface area contributed by atoms with Crippen molar-refractivity contribution in [2.75, 3.05) is 5.32 Å². The highest BCUT2D eigenvalue weighted by molar-refractivity contribution is 7.16. The molecule has 30 heavy (non-hydrogen) atoms. The van der Waals surface area contributed by atoms with Crippen molar-refractivity contribution < 1.29 is 9.59 Å². The van der Waals surface area contributed by atoms with E-state index in [0.717, 1.165) is 5.56 Å². The number of aromatic nitrogens is 2. The van der Waals surface area contributed by atoms with E-state index in [1.807, 2.05) is 30.3 Å². The number of para-hydroxylation sites is 1. The molecule has 2 aromatic carbocycles. The van der Waals surface area contributed by atoms with Crippen molar-refractivity contribution in [3.8, 4) is 0 Å². The third-order valence-corrected chi connectivity index (χ3v) is 5.33. The van der Waals surface area contributed by atoms with Gasteiger partial charge in [-0.25, -0.2) is 4.98 Å². The normalized spacial score (nSPS) is 10.7. The number of nitrogens with one attached hydrogen (secondary N) is 2. The molecular weight excluding hydrogens is 400 g/mol. The predicted octanol–water partition coefficient (Wildman–Crippen LogP) is 3.03. The summed E-state index contributed by atoms with van der Waals surface area (Å²) in [5, 5.41) is 7.84. The van der Waals surface area contributed by atoms with Crippen LogP contribution in [0.1, 0.15) is 15.9 Å². The molecule has 0 aliphatic rings. The maximum atomic E-state index is 12.6. The van der Waals surface area contributed by atoms with Gasteiger partial charge in [0, 0.05) is 6.54 Å². The Morgan fingerprint density at radius 1 is 1.00 bits per heavy atom. The quantitative estimate of drug-likeness (QED) is 0.503. The summed E-state index contributed by atoms with van der Waals surface area (Å²) in [7, 11) is 0. The number of nitrogens with zero attached hydrogens (tertiary/aromatic N) is 2. The summed E-state index contributed by atoms with van der Waals surface area (Å²) in [5.74, 6) is -0.718. The molecule has 4 rings (SSSR count). The molecule has 2 amide bonds. The van der Waals surface area contributed by atoms with Crippen molar-refractivity contribution in [3.05, 3.63) is 93.9 Å². The first-order valence-corrected chi connectivity index (χ1v) is 10.1. The molecule has 0 fully saturated rings. The van der Waals surface area contributed by atoms with E-state index < -0.39 is 5.91 Å². The molecule has 0 aliphatic carbocycles. The molecule has 0 radical (unpaired) electrons. The van der Waals surface area contributed by atoms with Gasteiger partial charge in [-0.1, -0.05) is 42.5 Å². The van der Waals surface area contributed by atoms with Crippen LogP contribution in [0.15, 0.2) is 77.2 Å². The Kier molecular flexibility index (Phi) is 5.67. The minimum Gasteiger partial charge on any atom is -0.348 e. The Balaban J connectivity index is 1.46. The SMILES string of the molecule is O=C(Cn1cnc2sccc2c1=O)Nc1ccccc1C(=O)NCc1ccccc1. The lowest BCUT2D eigenvalue weighted by Gasteiger charge is -2.12. The lowest BCUT2D eigenvalue weighted by molar-refractivity contribution is -0.116. The van der Waals surface area contributed by atoms with Gasteiger partial charge >= 0.3 is 0 Å². The molecule has 150 valence electrons. The van der Waals surface area contributed by atoms with E-state index in [1.165, 1.54) is 22.2 Å². The number of thiophene rings is 1. The number of anilines is 1. The van der Waals surface area contributed by atoms with Crippen LogP contribution in [0, 0.1) is 0 Å². The predicted molar refractivity (Wildman–Crippen MR) is 117 cm³/mol. The molecule has 0 aliphatic heterocycles. The molecule has 0 atom stereocenters. The number of carbonyl (C=O) groups is 2. The number of amides is 2. The van der Waals surface area contributed by atoms with Gasteiger partial charge in [-0.15, -0.1) is 11.3 Å². The largest absolute Gasteiger partial charge is 0.348 e. The van der Waals surface area contributed by atoms with Crippen LogP contribution in [-0.2, 0) is 17.9 Å². The molecule has 8 heteroatoms.